The molecule has 1 N–H and O–H groups in total. The molecule has 0 saturated heterocycles. The lowest BCUT2D eigenvalue weighted by molar-refractivity contribution is -0.120. The Hall–Kier alpha value is -3.44. The molecule has 5 nitrogen and oxygen atoms in total. The second-order valence-electron chi connectivity index (χ2n) is 7.26. The predicted molar refractivity (Wildman–Crippen MR) is 122 cm³/mol. The number of Topliss-reactive ketones (excluding diaryl/α,β-unsaturated/α-hetero) is 1. The third-order valence-electron chi connectivity index (χ3n) is 5.11. The van der Waals surface area contributed by atoms with E-state index >= 15 is 0 Å². The molecule has 156 valence electrons. The number of halogens is 1. The molecule has 0 unspecified atom stereocenters. The summed E-state index contributed by atoms with van der Waals surface area (Å²) < 4.78 is 1.94. The summed E-state index contributed by atoms with van der Waals surface area (Å²) in [5, 5.41) is 3.51. The topological polar surface area (TPSA) is 64.0 Å². The molecule has 0 fully saturated rings. The van der Waals surface area contributed by atoms with Crippen LogP contribution in [0.1, 0.15) is 21.7 Å². The summed E-state index contributed by atoms with van der Waals surface area (Å²) in [6.45, 7) is 0.625. The summed E-state index contributed by atoms with van der Waals surface area (Å²) in [5.74, 6) is 0.687. The SMILES string of the molecule is O=C(Cc1ccccc1Cl)NCCc1nc2ccccc2n1CC(=O)c1ccccc1. The van der Waals surface area contributed by atoms with E-state index in [1.165, 1.54) is 0 Å². The van der Waals surface area contributed by atoms with E-state index in [2.05, 4.69) is 5.32 Å². The lowest BCUT2D eigenvalue weighted by Gasteiger charge is -2.10. The summed E-state index contributed by atoms with van der Waals surface area (Å²) in [7, 11) is 0. The fourth-order valence-corrected chi connectivity index (χ4v) is 3.75. The fourth-order valence-electron chi connectivity index (χ4n) is 3.54. The zero-order chi connectivity index (χ0) is 21.6. The number of para-hydroxylation sites is 2. The normalized spacial score (nSPS) is 10.9. The number of carbonyl (C=O) groups is 2. The zero-order valence-electron chi connectivity index (χ0n) is 16.9. The number of fused-ring (bicyclic) bond motifs is 1. The summed E-state index contributed by atoms with van der Waals surface area (Å²) in [5.41, 5.74) is 3.20. The number of imidazole rings is 1. The van der Waals surface area contributed by atoms with Crippen LogP contribution in [0.25, 0.3) is 11.0 Å². The van der Waals surface area contributed by atoms with Crippen LogP contribution in [0.4, 0.5) is 0 Å². The minimum Gasteiger partial charge on any atom is -0.355 e. The molecule has 0 aliphatic heterocycles. The average molecular weight is 432 g/mol. The van der Waals surface area contributed by atoms with Crippen molar-refractivity contribution >= 4 is 34.3 Å². The molecule has 6 heteroatoms. The number of nitrogens with one attached hydrogen (secondary N) is 1. The monoisotopic (exact) mass is 431 g/mol. The second kappa shape index (κ2) is 9.58. The van der Waals surface area contributed by atoms with Crippen LogP contribution in [0.5, 0.6) is 0 Å². The minimum atomic E-state index is -0.101. The van der Waals surface area contributed by atoms with E-state index in [0.717, 1.165) is 22.4 Å². The Morgan fingerprint density at radius 1 is 0.903 bits per heavy atom. The Labute approximate surface area is 185 Å². The highest BCUT2D eigenvalue weighted by molar-refractivity contribution is 6.31. The van der Waals surface area contributed by atoms with Gasteiger partial charge in [0.1, 0.15) is 5.82 Å². The van der Waals surface area contributed by atoms with Gasteiger partial charge in [-0.3, -0.25) is 9.59 Å². The van der Waals surface area contributed by atoms with E-state index < -0.39 is 0 Å². The Morgan fingerprint density at radius 3 is 2.42 bits per heavy atom. The van der Waals surface area contributed by atoms with Crippen LogP contribution in [0, 0.1) is 0 Å². The van der Waals surface area contributed by atoms with Crippen LogP contribution in [-0.2, 0) is 24.2 Å². The van der Waals surface area contributed by atoms with Crippen LogP contribution in [0.15, 0.2) is 78.9 Å². The van der Waals surface area contributed by atoms with Crippen molar-refractivity contribution in [2.24, 2.45) is 0 Å². The molecule has 4 aromatic rings. The van der Waals surface area contributed by atoms with Gasteiger partial charge in [0.05, 0.1) is 24.0 Å². The number of aromatic nitrogens is 2. The quantitative estimate of drug-likeness (QED) is 0.418. The molecule has 1 aromatic heterocycles. The molecule has 3 aromatic carbocycles. The van der Waals surface area contributed by atoms with Crippen molar-refractivity contribution in [2.45, 2.75) is 19.4 Å². The first-order chi connectivity index (χ1) is 15.1. The van der Waals surface area contributed by atoms with Gasteiger partial charge in [-0.15, -0.1) is 0 Å². The molecule has 0 atom stereocenters. The average Bonchev–Trinajstić information content (AvgIpc) is 3.13. The van der Waals surface area contributed by atoms with Crippen molar-refractivity contribution < 1.29 is 9.59 Å². The van der Waals surface area contributed by atoms with Gasteiger partial charge in [-0.1, -0.05) is 72.3 Å². The maximum Gasteiger partial charge on any atom is 0.224 e. The van der Waals surface area contributed by atoms with Gasteiger partial charge in [-0.25, -0.2) is 4.98 Å². The third-order valence-corrected chi connectivity index (χ3v) is 5.48. The molecule has 0 bridgehead atoms. The molecule has 31 heavy (non-hydrogen) atoms. The number of amides is 1. The number of hydrogen-bond donors (Lipinski definition) is 1. The van der Waals surface area contributed by atoms with Crippen LogP contribution >= 0.6 is 11.6 Å². The molecule has 0 radical (unpaired) electrons. The highest BCUT2D eigenvalue weighted by Crippen LogP contribution is 2.18. The zero-order valence-corrected chi connectivity index (χ0v) is 17.7. The largest absolute Gasteiger partial charge is 0.355 e. The summed E-state index contributed by atoms with van der Waals surface area (Å²) >= 11 is 6.14. The highest BCUT2D eigenvalue weighted by Gasteiger charge is 2.15. The maximum absolute atomic E-state index is 12.8. The maximum atomic E-state index is 12.8. The molecule has 1 amide bonds. The van der Waals surface area contributed by atoms with Gasteiger partial charge in [0.2, 0.25) is 5.91 Å². The van der Waals surface area contributed by atoms with Crippen LogP contribution < -0.4 is 5.32 Å². The van der Waals surface area contributed by atoms with E-state index in [1.54, 1.807) is 6.07 Å². The number of carbonyl (C=O) groups excluding carboxylic acids is 2. The number of hydrogen-bond acceptors (Lipinski definition) is 3. The molecule has 4 rings (SSSR count). The van der Waals surface area contributed by atoms with Crippen LogP contribution in [0.2, 0.25) is 5.02 Å². The Bertz CT molecular complexity index is 1220. The first-order valence-electron chi connectivity index (χ1n) is 10.1. The Morgan fingerprint density at radius 2 is 1.61 bits per heavy atom. The molecular formula is C25H22ClN3O2. The summed E-state index contributed by atoms with van der Waals surface area (Å²) in [4.78, 5) is 29.8. The predicted octanol–water partition coefficient (Wildman–Crippen LogP) is 4.47. The summed E-state index contributed by atoms with van der Waals surface area (Å²) in [6.07, 6.45) is 0.744. The third kappa shape index (κ3) is 5.01. The van der Waals surface area contributed by atoms with Gasteiger partial charge < -0.3 is 9.88 Å². The van der Waals surface area contributed by atoms with Gasteiger partial charge in [0, 0.05) is 23.6 Å². The molecule has 1 heterocycles. The van der Waals surface area contributed by atoms with Crippen molar-refractivity contribution in [1.29, 1.82) is 0 Å². The van der Waals surface area contributed by atoms with E-state index in [4.69, 9.17) is 16.6 Å². The number of ketones is 1. The van der Waals surface area contributed by atoms with Gasteiger partial charge in [0.15, 0.2) is 5.78 Å². The first-order valence-corrected chi connectivity index (χ1v) is 10.5. The number of benzene rings is 3. The van der Waals surface area contributed by atoms with E-state index in [0.29, 0.717) is 23.6 Å². The standard InChI is InChI=1S/C25H22ClN3O2/c26-20-11-5-4-10-19(20)16-25(31)27-15-14-24-28-21-12-6-7-13-22(21)29(24)17-23(30)18-8-2-1-3-9-18/h1-13H,14-17H2,(H,27,31). The van der Waals surface area contributed by atoms with Crippen LogP contribution in [0.3, 0.4) is 0 Å². The lowest BCUT2D eigenvalue weighted by atomic mass is 10.1. The van der Waals surface area contributed by atoms with Crippen molar-refractivity contribution in [1.82, 2.24) is 14.9 Å². The number of rotatable bonds is 8. The fraction of sp³-hybridized carbons (Fsp3) is 0.160. The van der Waals surface area contributed by atoms with Gasteiger partial charge >= 0.3 is 0 Å². The molecular weight excluding hydrogens is 410 g/mol. The van der Waals surface area contributed by atoms with Gasteiger partial charge in [-0.2, -0.15) is 0 Å². The molecule has 0 aliphatic carbocycles. The van der Waals surface area contributed by atoms with E-state index in [-0.39, 0.29) is 24.7 Å². The molecule has 0 aliphatic rings. The van der Waals surface area contributed by atoms with Gasteiger partial charge in [-0.05, 0) is 23.8 Å². The number of nitrogens with zero attached hydrogens (tertiary/aromatic N) is 2. The van der Waals surface area contributed by atoms with E-state index in [9.17, 15) is 9.59 Å². The van der Waals surface area contributed by atoms with Crippen molar-refractivity contribution in [3.63, 3.8) is 0 Å². The lowest BCUT2D eigenvalue weighted by Crippen LogP contribution is -2.28. The van der Waals surface area contributed by atoms with Gasteiger partial charge in [0.25, 0.3) is 0 Å². The minimum absolute atomic E-state index is 0.0211. The first kappa shape index (κ1) is 20.8. The van der Waals surface area contributed by atoms with Crippen molar-refractivity contribution in [3.8, 4) is 0 Å². The summed E-state index contributed by atoms with van der Waals surface area (Å²) in [6, 6.07) is 24.3. The Kier molecular flexibility index (Phi) is 6.43. The Balaban J connectivity index is 1.46. The molecule has 0 saturated carbocycles. The second-order valence-corrected chi connectivity index (χ2v) is 7.67. The smallest absolute Gasteiger partial charge is 0.224 e. The van der Waals surface area contributed by atoms with Crippen molar-refractivity contribution in [3.05, 3.63) is 101 Å². The molecule has 0 spiro atoms. The van der Waals surface area contributed by atoms with Crippen molar-refractivity contribution in [2.75, 3.05) is 6.54 Å². The highest BCUT2D eigenvalue weighted by atomic mass is 35.5. The van der Waals surface area contributed by atoms with Crippen LogP contribution in [-0.4, -0.2) is 27.8 Å². The van der Waals surface area contributed by atoms with E-state index in [1.807, 2.05) is 77.4 Å².